The third-order valence-electron chi connectivity index (χ3n) is 3.08. The molecule has 0 saturated carbocycles. The number of thioether (sulfide) groups is 1. The predicted molar refractivity (Wildman–Crippen MR) is 77.8 cm³/mol. The molecule has 2 rings (SSSR count). The van der Waals surface area contributed by atoms with Crippen molar-refractivity contribution in [1.29, 1.82) is 0 Å². The number of hydrogen-bond donors (Lipinski definition) is 3. The van der Waals surface area contributed by atoms with E-state index in [9.17, 15) is 0 Å². The van der Waals surface area contributed by atoms with Crippen molar-refractivity contribution in [1.82, 2.24) is 9.97 Å². The fraction of sp³-hybridized carbons (Fsp3) is 0.667. The lowest BCUT2D eigenvalue weighted by molar-refractivity contribution is 0.680. The highest BCUT2D eigenvalue weighted by atomic mass is 32.2. The Bertz CT molecular complexity index is 379. The number of anilines is 2. The maximum atomic E-state index is 5.51. The van der Waals surface area contributed by atoms with Crippen LogP contribution in [0.3, 0.4) is 0 Å². The van der Waals surface area contributed by atoms with Crippen LogP contribution < -0.4 is 16.6 Å². The zero-order chi connectivity index (χ0) is 12.8. The summed E-state index contributed by atoms with van der Waals surface area (Å²) in [6.07, 6.45) is 6.04. The van der Waals surface area contributed by atoms with Gasteiger partial charge in [0.15, 0.2) is 0 Å². The smallest absolute Gasteiger partial charge is 0.148 e. The quantitative estimate of drug-likeness (QED) is 0.560. The van der Waals surface area contributed by atoms with Crippen LogP contribution in [-0.4, -0.2) is 27.5 Å². The maximum absolute atomic E-state index is 5.51. The van der Waals surface area contributed by atoms with Gasteiger partial charge in [0.25, 0.3) is 0 Å². The summed E-state index contributed by atoms with van der Waals surface area (Å²) in [5.74, 6) is 9.61. The monoisotopic (exact) mass is 267 g/mol. The molecule has 2 heterocycles. The van der Waals surface area contributed by atoms with Gasteiger partial charge >= 0.3 is 0 Å². The third kappa shape index (κ3) is 3.26. The highest BCUT2D eigenvalue weighted by molar-refractivity contribution is 7.99. The fourth-order valence-corrected chi connectivity index (χ4v) is 3.27. The second kappa shape index (κ2) is 6.80. The van der Waals surface area contributed by atoms with E-state index in [2.05, 4.69) is 27.6 Å². The van der Waals surface area contributed by atoms with E-state index in [-0.39, 0.29) is 0 Å². The zero-order valence-electron chi connectivity index (χ0n) is 10.8. The first-order valence-corrected chi connectivity index (χ1v) is 7.65. The molecule has 1 saturated heterocycles. The molecule has 1 aliphatic heterocycles. The van der Waals surface area contributed by atoms with Gasteiger partial charge in [0.1, 0.15) is 18.0 Å². The van der Waals surface area contributed by atoms with Gasteiger partial charge in [0, 0.05) is 17.4 Å². The fourth-order valence-electron chi connectivity index (χ4n) is 2.20. The molecule has 0 radical (unpaired) electrons. The summed E-state index contributed by atoms with van der Waals surface area (Å²) in [6, 6.07) is 0.514. The van der Waals surface area contributed by atoms with Crippen LogP contribution in [0, 0.1) is 0 Å². The van der Waals surface area contributed by atoms with Crippen LogP contribution in [0.2, 0.25) is 0 Å². The average Bonchev–Trinajstić information content (AvgIpc) is 2.42. The van der Waals surface area contributed by atoms with Crippen molar-refractivity contribution in [3.63, 3.8) is 0 Å². The number of rotatable bonds is 5. The Balaban J connectivity index is 2.14. The van der Waals surface area contributed by atoms with Crippen molar-refractivity contribution in [3.05, 3.63) is 11.9 Å². The van der Waals surface area contributed by atoms with Crippen molar-refractivity contribution in [2.24, 2.45) is 5.84 Å². The van der Waals surface area contributed by atoms with Gasteiger partial charge in [-0.05, 0) is 25.0 Å². The molecule has 1 unspecified atom stereocenters. The average molecular weight is 267 g/mol. The molecule has 0 bridgehead atoms. The van der Waals surface area contributed by atoms with Crippen LogP contribution in [0.4, 0.5) is 11.6 Å². The van der Waals surface area contributed by atoms with E-state index in [4.69, 9.17) is 5.84 Å². The first-order valence-electron chi connectivity index (χ1n) is 6.50. The molecule has 4 N–H and O–H groups in total. The van der Waals surface area contributed by atoms with E-state index >= 15 is 0 Å². The topological polar surface area (TPSA) is 75.9 Å². The second-order valence-corrected chi connectivity index (χ2v) is 5.65. The first kappa shape index (κ1) is 13.4. The van der Waals surface area contributed by atoms with Gasteiger partial charge in [-0.25, -0.2) is 15.8 Å². The van der Waals surface area contributed by atoms with Gasteiger partial charge in [0.2, 0.25) is 0 Å². The van der Waals surface area contributed by atoms with Crippen LogP contribution in [0.1, 0.15) is 31.7 Å². The lowest BCUT2D eigenvalue weighted by Crippen LogP contribution is -2.27. The Labute approximate surface area is 112 Å². The maximum Gasteiger partial charge on any atom is 0.148 e. The van der Waals surface area contributed by atoms with Gasteiger partial charge in [-0.3, -0.25) is 0 Å². The number of nitrogens with two attached hydrogens (primary N) is 1. The molecule has 100 valence electrons. The first-order chi connectivity index (χ1) is 8.85. The molecule has 1 fully saturated rings. The molecule has 0 aliphatic carbocycles. The standard InChI is InChI=1S/C12H21N5S/c1-2-4-10-11(14-8-15-12(10)17-13)16-9-5-3-6-18-7-9/h8-9H,2-7,13H2,1H3,(H2,14,15,16,17). The molecule has 5 nitrogen and oxygen atoms in total. The number of aromatic nitrogens is 2. The molecular weight excluding hydrogens is 246 g/mol. The van der Waals surface area contributed by atoms with Crippen molar-refractivity contribution in [2.75, 3.05) is 22.2 Å². The molecule has 1 aromatic heterocycles. The minimum absolute atomic E-state index is 0.514. The van der Waals surface area contributed by atoms with E-state index in [0.29, 0.717) is 6.04 Å². The zero-order valence-corrected chi connectivity index (χ0v) is 11.6. The molecule has 1 aromatic rings. The number of nitrogens with zero attached hydrogens (tertiary/aromatic N) is 2. The molecule has 0 aromatic carbocycles. The van der Waals surface area contributed by atoms with E-state index in [1.165, 1.54) is 18.6 Å². The van der Waals surface area contributed by atoms with E-state index in [0.717, 1.165) is 35.8 Å². The molecule has 0 spiro atoms. The third-order valence-corrected chi connectivity index (χ3v) is 4.30. The van der Waals surface area contributed by atoms with Crippen molar-refractivity contribution in [3.8, 4) is 0 Å². The molecule has 1 aliphatic rings. The van der Waals surface area contributed by atoms with Crippen molar-refractivity contribution < 1.29 is 0 Å². The van der Waals surface area contributed by atoms with E-state index < -0.39 is 0 Å². The van der Waals surface area contributed by atoms with Gasteiger partial charge in [-0.2, -0.15) is 11.8 Å². The number of nitrogens with one attached hydrogen (secondary N) is 2. The van der Waals surface area contributed by atoms with Crippen LogP contribution >= 0.6 is 11.8 Å². The van der Waals surface area contributed by atoms with Gasteiger partial charge in [-0.1, -0.05) is 13.3 Å². The molecular formula is C12H21N5S. The van der Waals surface area contributed by atoms with Crippen LogP contribution in [0.5, 0.6) is 0 Å². The predicted octanol–water partition coefficient (Wildman–Crippen LogP) is 2.02. The Morgan fingerprint density at radius 3 is 2.94 bits per heavy atom. The summed E-state index contributed by atoms with van der Waals surface area (Å²) in [4.78, 5) is 8.55. The summed E-state index contributed by atoms with van der Waals surface area (Å²) in [7, 11) is 0. The number of nitrogen functional groups attached to an aromatic ring is 1. The SMILES string of the molecule is CCCc1c(NN)ncnc1NC1CCCSC1. The van der Waals surface area contributed by atoms with E-state index in [1.807, 2.05) is 11.8 Å². The van der Waals surface area contributed by atoms with Crippen molar-refractivity contribution in [2.45, 2.75) is 38.6 Å². The summed E-state index contributed by atoms with van der Waals surface area (Å²) >= 11 is 2.01. The number of hydrogen-bond acceptors (Lipinski definition) is 6. The minimum atomic E-state index is 0.514. The molecule has 0 amide bonds. The summed E-state index contributed by atoms with van der Waals surface area (Å²) < 4.78 is 0. The second-order valence-electron chi connectivity index (χ2n) is 4.50. The highest BCUT2D eigenvalue weighted by Gasteiger charge is 2.17. The van der Waals surface area contributed by atoms with Crippen molar-refractivity contribution >= 4 is 23.4 Å². The van der Waals surface area contributed by atoms with Crippen LogP contribution in [0.15, 0.2) is 6.33 Å². The Morgan fingerprint density at radius 2 is 2.28 bits per heavy atom. The van der Waals surface area contributed by atoms with Gasteiger partial charge < -0.3 is 10.7 Å². The van der Waals surface area contributed by atoms with Crippen LogP contribution in [0.25, 0.3) is 0 Å². The molecule has 1 atom stereocenters. The molecule has 6 heteroatoms. The summed E-state index contributed by atoms with van der Waals surface area (Å²) in [6.45, 7) is 2.15. The molecule has 18 heavy (non-hydrogen) atoms. The normalized spacial score (nSPS) is 19.6. The Hall–Kier alpha value is -1.01. The lowest BCUT2D eigenvalue weighted by atomic mass is 10.1. The lowest BCUT2D eigenvalue weighted by Gasteiger charge is -2.24. The van der Waals surface area contributed by atoms with E-state index in [1.54, 1.807) is 6.33 Å². The summed E-state index contributed by atoms with van der Waals surface area (Å²) in [5.41, 5.74) is 3.76. The number of hydrazine groups is 1. The highest BCUT2D eigenvalue weighted by Crippen LogP contribution is 2.25. The minimum Gasteiger partial charge on any atom is -0.366 e. The Kier molecular flexibility index (Phi) is 5.07. The largest absolute Gasteiger partial charge is 0.366 e. The summed E-state index contributed by atoms with van der Waals surface area (Å²) in [5, 5.41) is 3.54. The van der Waals surface area contributed by atoms with Crippen LogP contribution in [-0.2, 0) is 6.42 Å². The Morgan fingerprint density at radius 1 is 1.44 bits per heavy atom. The van der Waals surface area contributed by atoms with Gasteiger partial charge in [0.05, 0.1) is 0 Å². The van der Waals surface area contributed by atoms with Gasteiger partial charge in [-0.15, -0.1) is 0 Å².